The van der Waals surface area contributed by atoms with Gasteiger partial charge in [-0.2, -0.15) is 0 Å². The molecule has 0 aromatic heterocycles. The quantitative estimate of drug-likeness (QED) is 0.282. The van der Waals surface area contributed by atoms with Gasteiger partial charge in [-0.25, -0.2) is 17.6 Å². The third-order valence-electron chi connectivity index (χ3n) is 8.25. The molecular formula is C35H45FN4O7S. The number of fused-ring (bicyclic) bond motifs is 1. The van der Waals surface area contributed by atoms with Crippen LogP contribution in [0.4, 0.5) is 20.6 Å². The highest BCUT2D eigenvalue weighted by molar-refractivity contribution is 7.92. The predicted octanol–water partition coefficient (Wildman–Crippen LogP) is 5.59. The van der Waals surface area contributed by atoms with Crippen LogP contribution in [-0.2, 0) is 14.8 Å². The highest BCUT2D eigenvalue weighted by Gasteiger charge is 2.31. The minimum Gasteiger partial charge on any atom is -0.490 e. The summed E-state index contributed by atoms with van der Waals surface area (Å²) in [7, 11) is -2.42. The number of carbonyl (C=O) groups excluding carboxylic acids is 2. The summed E-state index contributed by atoms with van der Waals surface area (Å²) in [6, 6.07) is 17.1. The van der Waals surface area contributed by atoms with E-state index in [4.69, 9.17) is 9.47 Å². The number of likely N-dealkylation sites (N-methyl/N-ethyl adjacent to an activating group) is 1. The molecule has 0 spiro atoms. The molecule has 4 rings (SSSR count). The largest absolute Gasteiger partial charge is 0.490 e. The van der Waals surface area contributed by atoms with Gasteiger partial charge in [0, 0.05) is 44.0 Å². The summed E-state index contributed by atoms with van der Waals surface area (Å²) in [5.74, 6) is -1.04. The molecule has 4 atom stereocenters. The molecule has 0 radical (unpaired) electrons. The van der Waals surface area contributed by atoms with Crippen molar-refractivity contribution in [3.8, 4) is 5.75 Å². The molecule has 1 heterocycles. The van der Waals surface area contributed by atoms with E-state index in [0.29, 0.717) is 18.7 Å². The van der Waals surface area contributed by atoms with E-state index in [-0.39, 0.29) is 59.6 Å². The lowest BCUT2D eigenvalue weighted by Gasteiger charge is -2.35. The Bertz CT molecular complexity index is 1630. The summed E-state index contributed by atoms with van der Waals surface area (Å²) >= 11 is 0. The lowest BCUT2D eigenvalue weighted by atomic mass is 10.0. The Hall–Kier alpha value is -4.20. The minimum absolute atomic E-state index is 0.112. The van der Waals surface area contributed by atoms with Crippen molar-refractivity contribution in [2.75, 3.05) is 43.4 Å². The highest BCUT2D eigenvalue weighted by atomic mass is 32.2. The van der Waals surface area contributed by atoms with Crippen LogP contribution in [0.1, 0.15) is 50.4 Å². The molecule has 0 saturated heterocycles. The van der Waals surface area contributed by atoms with Crippen LogP contribution in [0, 0.1) is 11.7 Å². The molecule has 3 aromatic carbocycles. The minimum atomic E-state index is -4.10. The molecule has 13 heteroatoms. The van der Waals surface area contributed by atoms with Crippen molar-refractivity contribution in [3.05, 3.63) is 84.2 Å². The van der Waals surface area contributed by atoms with Crippen molar-refractivity contribution in [1.82, 2.24) is 9.80 Å². The number of para-hydroxylation sites is 1. The standard InChI is InChI=1S/C35H45FN4O7S/c1-24-21-40(25(2)23-41)34(42)31-20-29(38-48(44,45)30-16-13-27(36)14-17-30)15-18-32(31)47-26(3)10-8-9-19-46-33(24)22-39(4)35(43)37-28-11-6-5-7-12-28/h5-7,11-18,20,24-26,33,38,41H,8-10,19,21-23H2,1-4H3,(H,37,43)/t24-,25+,26-,33+/m1/s1. The van der Waals surface area contributed by atoms with E-state index in [9.17, 15) is 27.5 Å². The summed E-state index contributed by atoms with van der Waals surface area (Å²) < 4.78 is 54.6. The smallest absolute Gasteiger partial charge is 0.321 e. The van der Waals surface area contributed by atoms with E-state index < -0.39 is 33.9 Å². The van der Waals surface area contributed by atoms with E-state index in [0.717, 1.165) is 37.1 Å². The Balaban J connectivity index is 1.63. The molecule has 0 unspecified atom stereocenters. The predicted molar refractivity (Wildman–Crippen MR) is 182 cm³/mol. The second-order valence-corrected chi connectivity index (χ2v) is 13.9. The molecule has 3 aromatic rings. The van der Waals surface area contributed by atoms with Gasteiger partial charge in [0.1, 0.15) is 11.6 Å². The van der Waals surface area contributed by atoms with Gasteiger partial charge in [0.25, 0.3) is 15.9 Å². The molecule has 11 nitrogen and oxygen atoms in total. The number of aliphatic hydroxyl groups is 1. The van der Waals surface area contributed by atoms with Crippen molar-refractivity contribution >= 4 is 33.3 Å². The Morgan fingerprint density at radius 3 is 2.46 bits per heavy atom. The van der Waals surface area contributed by atoms with Gasteiger partial charge in [-0.3, -0.25) is 9.52 Å². The molecule has 1 aliphatic heterocycles. The fourth-order valence-electron chi connectivity index (χ4n) is 5.37. The summed E-state index contributed by atoms with van der Waals surface area (Å²) in [6.45, 7) is 6.08. The van der Waals surface area contributed by atoms with Crippen LogP contribution in [0.15, 0.2) is 77.7 Å². The Morgan fingerprint density at radius 1 is 1.06 bits per heavy atom. The van der Waals surface area contributed by atoms with Gasteiger partial charge >= 0.3 is 6.03 Å². The number of urea groups is 1. The number of sulfonamides is 1. The topological polar surface area (TPSA) is 138 Å². The molecule has 48 heavy (non-hydrogen) atoms. The number of nitrogens with zero attached hydrogens (tertiary/aromatic N) is 2. The number of ether oxygens (including phenoxy) is 2. The first kappa shape index (κ1) is 36.6. The van der Waals surface area contributed by atoms with Gasteiger partial charge in [0.2, 0.25) is 0 Å². The third-order valence-corrected chi connectivity index (χ3v) is 9.65. The second-order valence-electron chi connectivity index (χ2n) is 12.2. The molecule has 0 fully saturated rings. The maximum Gasteiger partial charge on any atom is 0.321 e. The van der Waals surface area contributed by atoms with Gasteiger partial charge in [-0.05, 0) is 87.7 Å². The third kappa shape index (κ3) is 9.91. The lowest BCUT2D eigenvalue weighted by molar-refractivity contribution is -0.0115. The fourth-order valence-corrected chi connectivity index (χ4v) is 6.42. The first-order valence-electron chi connectivity index (χ1n) is 16.1. The summed E-state index contributed by atoms with van der Waals surface area (Å²) in [5.41, 5.74) is 0.889. The summed E-state index contributed by atoms with van der Waals surface area (Å²) in [6.07, 6.45) is 1.50. The number of anilines is 2. The van der Waals surface area contributed by atoms with Gasteiger partial charge in [-0.1, -0.05) is 25.1 Å². The number of amides is 3. The number of halogens is 1. The number of carbonyl (C=O) groups is 2. The van der Waals surface area contributed by atoms with Crippen LogP contribution >= 0.6 is 0 Å². The van der Waals surface area contributed by atoms with Crippen molar-refractivity contribution in [3.63, 3.8) is 0 Å². The number of nitrogens with one attached hydrogen (secondary N) is 2. The first-order valence-corrected chi connectivity index (χ1v) is 17.6. The number of hydrogen-bond donors (Lipinski definition) is 3. The monoisotopic (exact) mass is 684 g/mol. The molecule has 0 saturated carbocycles. The number of rotatable bonds is 8. The number of benzene rings is 3. The second kappa shape index (κ2) is 16.8. The van der Waals surface area contributed by atoms with Gasteiger partial charge in [0.15, 0.2) is 0 Å². The Morgan fingerprint density at radius 2 is 1.77 bits per heavy atom. The fraction of sp³-hybridized carbons (Fsp3) is 0.429. The lowest BCUT2D eigenvalue weighted by Crippen LogP contribution is -2.48. The summed E-state index contributed by atoms with van der Waals surface area (Å²) in [4.78, 5) is 30.3. The maximum absolute atomic E-state index is 14.3. The van der Waals surface area contributed by atoms with E-state index in [2.05, 4.69) is 10.0 Å². The van der Waals surface area contributed by atoms with E-state index in [1.807, 2.05) is 32.0 Å². The number of aliphatic hydroxyl groups excluding tert-OH is 1. The number of hydrogen-bond acceptors (Lipinski definition) is 7. The van der Waals surface area contributed by atoms with Gasteiger partial charge in [-0.15, -0.1) is 0 Å². The van der Waals surface area contributed by atoms with Crippen LogP contribution < -0.4 is 14.8 Å². The van der Waals surface area contributed by atoms with E-state index in [1.54, 1.807) is 37.1 Å². The van der Waals surface area contributed by atoms with Crippen molar-refractivity contribution < 1.29 is 37.0 Å². The maximum atomic E-state index is 14.3. The molecule has 260 valence electrons. The molecule has 0 bridgehead atoms. The Labute approximate surface area is 282 Å². The zero-order valence-electron chi connectivity index (χ0n) is 27.8. The average molecular weight is 685 g/mol. The molecule has 1 aliphatic rings. The van der Waals surface area contributed by atoms with Crippen LogP contribution in [0.5, 0.6) is 5.75 Å². The van der Waals surface area contributed by atoms with Crippen LogP contribution in [0.3, 0.4) is 0 Å². The van der Waals surface area contributed by atoms with Gasteiger partial charge < -0.3 is 29.7 Å². The normalized spacial score (nSPS) is 20.1. The zero-order chi connectivity index (χ0) is 34.8. The zero-order valence-corrected chi connectivity index (χ0v) is 28.6. The first-order chi connectivity index (χ1) is 22.9. The van der Waals surface area contributed by atoms with E-state index in [1.165, 1.54) is 17.0 Å². The Kier molecular flexibility index (Phi) is 12.8. The highest BCUT2D eigenvalue weighted by Crippen LogP contribution is 2.29. The average Bonchev–Trinajstić information content (AvgIpc) is 3.06. The van der Waals surface area contributed by atoms with Crippen LogP contribution in [0.25, 0.3) is 0 Å². The molecular weight excluding hydrogens is 639 g/mol. The SMILES string of the molecule is C[C@@H]1CCCCO[C@@H](CN(C)C(=O)Nc2ccccc2)[C@H](C)CN([C@@H](C)CO)C(=O)c2cc(NS(=O)(=O)c3ccc(F)cc3)ccc2O1. The van der Waals surface area contributed by atoms with Crippen molar-refractivity contribution in [1.29, 1.82) is 0 Å². The van der Waals surface area contributed by atoms with Gasteiger partial charge in [0.05, 0.1) is 35.3 Å². The van der Waals surface area contributed by atoms with E-state index >= 15 is 0 Å². The van der Waals surface area contributed by atoms with Crippen LogP contribution in [-0.4, -0.2) is 86.9 Å². The molecule has 0 aliphatic carbocycles. The summed E-state index contributed by atoms with van der Waals surface area (Å²) in [5, 5.41) is 13.1. The van der Waals surface area contributed by atoms with Crippen molar-refractivity contribution in [2.24, 2.45) is 5.92 Å². The van der Waals surface area contributed by atoms with Crippen molar-refractivity contribution in [2.45, 2.75) is 63.2 Å². The molecule has 3 amide bonds. The van der Waals surface area contributed by atoms with Crippen LogP contribution in [0.2, 0.25) is 0 Å². The molecule has 3 N–H and O–H groups in total.